The molecule has 0 saturated heterocycles. The minimum absolute atomic E-state index is 0.0765. The van der Waals surface area contributed by atoms with Crippen molar-refractivity contribution in [3.05, 3.63) is 29.3 Å². The zero-order valence-electron chi connectivity index (χ0n) is 11.4. The van der Waals surface area contributed by atoms with Gasteiger partial charge in [0, 0.05) is 17.3 Å². The number of nitriles is 1. The van der Waals surface area contributed by atoms with Gasteiger partial charge >= 0.3 is 0 Å². The lowest BCUT2D eigenvalue weighted by Crippen LogP contribution is -2.28. The topological polar surface area (TPSA) is 56.0 Å². The third kappa shape index (κ3) is 3.88. The van der Waals surface area contributed by atoms with Crippen molar-refractivity contribution >= 4 is 5.69 Å². The summed E-state index contributed by atoms with van der Waals surface area (Å²) < 4.78 is 38.6. The van der Waals surface area contributed by atoms with Crippen LogP contribution in [0.5, 0.6) is 0 Å². The normalized spacial score (nSPS) is 23.6. The van der Waals surface area contributed by atoms with Gasteiger partial charge < -0.3 is 10.4 Å². The Morgan fingerprint density at radius 1 is 1.19 bits per heavy atom. The summed E-state index contributed by atoms with van der Waals surface area (Å²) in [6.07, 6.45) is -3.00. The molecule has 2 N–H and O–H groups in total. The second kappa shape index (κ2) is 6.81. The molecule has 21 heavy (non-hydrogen) atoms. The number of alkyl halides is 3. The quantitative estimate of drug-likeness (QED) is 0.893. The van der Waals surface area contributed by atoms with Crippen LogP contribution in [0, 0.1) is 11.3 Å². The number of aliphatic hydroxyl groups excluding tert-OH is 1. The fourth-order valence-electron chi connectivity index (χ4n) is 2.57. The molecule has 2 rings (SSSR count). The number of anilines is 1. The second-order valence-corrected chi connectivity index (χ2v) is 5.30. The van der Waals surface area contributed by atoms with Crippen LogP contribution in [0.4, 0.5) is 18.9 Å². The van der Waals surface area contributed by atoms with Crippen molar-refractivity contribution in [3.63, 3.8) is 0 Å². The van der Waals surface area contributed by atoms with Gasteiger partial charge in [0.2, 0.25) is 0 Å². The Morgan fingerprint density at radius 3 is 2.43 bits per heavy atom. The Kier molecular flexibility index (Phi) is 5.07. The summed E-state index contributed by atoms with van der Waals surface area (Å²) in [7, 11) is 0. The molecule has 1 unspecified atom stereocenters. The first kappa shape index (κ1) is 15.6. The van der Waals surface area contributed by atoms with Crippen molar-refractivity contribution < 1.29 is 18.3 Å². The highest BCUT2D eigenvalue weighted by Gasteiger charge is 2.25. The van der Waals surface area contributed by atoms with Crippen LogP contribution < -0.4 is 5.32 Å². The van der Waals surface area contributed by atoms with Gasteiger partial charge in [-0.15, -0.1) is 0 Å². The minimum Gasteiger partial charge on any atom is -0.393 e. The van der Waals surface area contributed by atoms with E-state index in [1.165, 1.54) is 12.1 Å². The number of rotatable bonds is 4. The molecule has 0 spiro atoms. The maximum absolute atomic E-state index is 13.6. The van der Waals surface area contributed by atoms with Crippen LogP contribution in [0.25, 0.3) is 0 Å². The Labute approximate surface area is 121 Å². The molecule has 0 amide bonds. The monoisotopic (exact) mass is 298 g/mol. The maximum atomic E-state index is 13.6. The van der Waals surface area contributed by atoms with E-state index in [1.54, 1.807) is 12.1 Å². The number of halogens is 3. The van der Waals surface area contributed by atoms with E-state index in [4.69, 9.17) is 5.26 Å². The summed E-state index contributed by atoms with van der Waals surface area (Å²) in [5.74, 6) is 0. The SMILES string of the molecule is N#Cc1ccc(NC2CCC(O)CC2)cc1C(F)C(F)F. The van der Waals surface area contributed by atoms with Crippen molar-refractivity contribution in [3.8, 4) is 6.07 Å². The number of aliphatic hydroxyl groups is 1. The molecule has 1 aliphatic carbocycles. The molecule has 0 heterocycles. The van der Waals surface area contributed by atoms with Gasteiger partial charge in [0.15, 0.2) is 6.17 Å². The minimum atomic E-state index is -3.16. The molecular weight excluding hydrogens is 281 g/mol. The van der Waals surface area contributed by atoms with Crippen molar-refractivity contribution in [1.29, 1.82) is 5.26 Å². The average Bonchev–Trinajstić information content (AvgIpc) is 2.48. The first-order chi connectivity index (χ1) is 10.0. The predicted octanol–water partition coefficient (Wildman–Crippen LogP) is 3.55. The highest BCUT2D eigenvalue weighted by molar-refractivity contribution is 5.53. The van der Waals surface area contributed by atoms with E-state index in [9.17, 15) is 18.3 Å². The second-order valence-electron chi connectivity index (χ2n) is 5.30. The molecule has 1 atom stereocenters. The van der Waals surface area contributed by atoms with Gasteiger partial charge in [-0.1, -0.05) is 0 Å². The Morgan fingerprint density at radius 2 is 1.86 bits per heavy atom. The molecule has 1 aromatic rings. The number of nitrogens with one attached hydrogen (secondary N) is 1. The molecule has 1 aliphatic rings. The molecule has 3 nitrogen and oxygen atoms in total. The molecule has 1 saturated carbocycles. The van der Waals surface area contributed by atoms with E-state index in [0.717, 1.165) is 12.8 Å². The highest BCUT2D eigenvalue weighted by Crippen LogP contribution is 2.31. The first-order valence-corrected chi connectivity index (χ1v) is 6.92. The van der Waals surface area contributed by atoms with Crippen LogP contribution in [0.15, 0.2) is 18.2 Å². The van der Waals surface area contributed by atoms with Gasteiger partial charge in [0.25, 0.3) is 6.43 Å². The summed E-state index contributed by atoms with van der Waals surface area (Å²) in [5, 5.41) is 21.5. The summed E-state index contributed by atoms with van der Waals surface area (Å²) in [4.78, 5) is 0. The van der Waals surface area contributed by atoms with Gasteiger partial charge in [-0.2, -0.15) is 5.26 Å². The average molecular weight is 298 g/mol. The van der Waals surface area contributed by atoms with Crippen LogP contribution in [-0.2, 0) is 0 Å². The summed E-state index contributed by atoms with van der Waals surface area (Å²) in [6.45, 7) is 0. The molecular formula is C15H17F3N2O. The number of hydrogen-bond donors (Lipinski definition) is 2. The van der Waals surface area contributed by atoms with E-state index in [-0.39, 0.29) is 23.3 Å². The zero-order valence-corrected chi connectivity index (χ0v) is 11.4. The lowest BCUT2D eigenvalue weighted by Gasteiger charge is -2.27. The Bertz CT molecular complexity index is 522. The maximum Gasteiger partial charge on any atom is 0.273 e. The number of nitrogens with zero attached hydrogens (tertiary/aromatic N) is 1. The van der Waals surface area contributed by atoms with Crippen LogP contribution in [0.2, 0.25) is 0 Å². The molecule has 0 aliphatic heterocycles. The van der Waals surface area contributed by atoms with E-state index >= 15 is 0 Å². The fraction of sp³-hybridized carbons (Fsp3) is 0.533. The molecule has 0 aromatic heterocycles. The van der Waals surface area contributed by atoms with Gasteiger partial charge in [0.1, 0.15) is 0 Å². The summed E-state index contributed by atoms with van der Waals surface area (Å²) in [6, 6.07) is 6.08. The molecule has 0 bridgehead atoms. The smallest absolute Gasteiger partial charge is 0.273 e. The Hall–Kier alpha value is -1.74. The number of benzene rings is 1. The third-order valence-electron chi connectivity index (χ3n) is 3.76. The molecule has 6 heteroatoms. The van der Waals surface area contributed by atoms with Crippen molar-refractivity contribution in [2.24, 2.45) is 0 Å². The lowest BCUT2D eigenvalue weighted by molar-refractivity contribution is 0.0494. The molecule has 0 radical (unpaired) electrons. The van der Waals surface area contributed by atoms with Crippen LogP contribution in [0.3, 0.4) is 0 Å². The fourth-order valence-corrected chi connectivity index (χ4v) is 2.57. The largest absolute Gasteiger partial charge is 0.393 e. The van der Waals surface area contributed by atoms with Gasteiger partial charge in [-0.25, -0.2) is 13.2 Å². The van der Waals surface area contributed by atoms with Gasteiger partial charge in [0.05, 0.1) is 17.7 Å². The van der Waals surface area contributed by atoms with Crippen molar-refractivity contribution in [2.75, 3.05) is 5.32 Å². The molecule has 1 aromatic carbocycles. The van der Waals surface area contributed by atoms with Crippen LogP contribution in [-0.4, -0.2) is 23.7 Å². The number of hydrogen-bond acceptors (Lipinski definition) is 3. The third-order valence-corrected chi connectivity index (χ3v) is 3.76. The van der Waals surface area contributed by atoms with E-state index in [0.29, 0.717) is 18.5 Å². The van der Waals surface area contributed by atoms with E-state index in [2.05, 4.69) is 5.32 Å². The Balaban J connectivity index is 2.14. The van der Waals surface area contributed by atoms with Gasteiger partial charge in [-0.05, 0) is 43.9 Å². The van der Waals surface area contributed by atoms with Crippen LogP contribution in [0.1, 0.15) is 43.0 Å². The molecule has 114 valence electrons. The van der Waals surface area contributed by atoms with Gasteiger partial charge in [-0.3, -0.25) is 0 Å². The van der Waals surface area contributed by atoms with Crippen LogP contribution >= 0.6 is 0 Å². The first-order valence-electron chi connectivity index (χ1n) is 6.92. The molecule has 1 fully saturated rings. The predicted molar refractivity (Wildman–Crippen MR) is 72.9 cm³/mol. The van der Waals surface area contributed by atoms with E-state index < -0.39 is 12.6 Å². The summed E-state index contributed by atoms with van der Waals surface area (Å²) >= 11 is 0. The lowest BCUT2D eigenvalue weighted by atomic mass is 9.92. The summed E-state index contributed by atoms with van der Waals surface area (Å²) in [5.41, 5.74) is 0.162. The highest BCUT2D eigenvalue weighted by atomic mass is 19.3. The standard InChI is InChI=1S/C15H17F3N2O/c16-14(15(17)18)13-7-11(2-1-9(13)8-19)20-10-3-5-12(21)6-4-10/h1-2,7,10,12,14-15,20-21H,3-6H2. The van der Waals surface area contributed by atoms with Crippen molar-refractivity contribution in [2.45, 2.75) is 50.4 Å². The van der Waals surface area contributed by atoms with E-state index in [1.807, 2.05) is 0 Å². The van der Waals surface area contributed by atoms with Crippen molar-refractivity contribution in [1.82, 2.24) is 0 Å². The zero-order chi connectivity index (χ0) is 15.4.